The van der Waals surface area contributed by atoms with Gasteiger partial charge in [0, 0.05) is 24.2 Å². The Morgan fingerprint density at radius 3 is 2.71 bits per heavy atom. The van der Waals surface area contributed by atoms with E-state index in [0.717, 1.165) is 24.5 Å². The van der Waals surface area contributed by atoms with Crippen LogP contribution in [0.25, 0.3) is 11.4 Å². The fourth-order valence-corrected chi connectivity index (χ4v) is 1.95. The van der Waals surface area contributed by atoms with E-state index in [0.29, 0.717) is 0 Å². The van der Waals surface area contributed by atoms with Crippen LogP contribution in [0.3, 0.4) is 0 Å². The third-order valence-electron chi connectivity index (χ3n) is 3.00. The molecule has 0 aliphatic rings. The van der Waals surface area contributed by atoms with Gasteiger partial charge in [-0.2, -0.15) is 0 Å². The second-order valence-corrected chi connectivity index (χ2v) is 4.33. The molecule has 0 atom stereocenters. The minimum Gasteiger partial charge on any atom is -0.342 e. The number of imidazole rings is 1. The summed E-state index contributed by atoms with van der Waals surface area (Å²) in [7, 11) is 1.96. The van der Waals surface area contributed by atoms with Crippen LogP contribution in [0.4, 0.5) is 0 Å². The zero-order valence-corrected chi connectivity index (χ0v) is 10.7. The SMILES string of the molecule is CNCCc1nc(-c2ccccc2C)[nH]c1C. The molecule has 1 aromatic carbocycles. The lowest BCUT2D eigenvalue weighted by Crippen LogP contribution is -2.11. The normalized spacial score (nSPS) is 10.8. The van der Waals surface area contributed by atoms with Crippen LogP contribution < -0.4 is 5.32 Å². The maximum Gasteiger partial charge on any atom is 0.138 e. The van der Waals surface area contributed by atoms with Crippen LogP contribution >= 0.6 is 0 Å². The van der Waals surface area contributed by atoms with Gasteiger partial charge in [-0.05, 0) is 26.5 Å². The van der Waals surface area contributed by atoms with E-state index < -0.39 is 0 Å². The van der Waals surface area contributed by atoms with E-state index in [-0.39, 0.29) is 0 Å². The molecule has 0 radical (unpaired) electrons. The van der Waals surface area contributed by atoms with Crippen LogP contribution in [0.2, 0.25) is 0 Å². The number of hydrogen-bond acceptors (Lipinski definition) is 2. The predicted molar refractivity (Wildman–Crippen MR) is 71.1 cm³/mol. The molecular formula is C14H19N3. The van der Waals surface area contributed by atoms with Gasteiger partial charge in [-0.3, -0.25) is 0 Å². The maximum atomic E-state index is 4.68. The first kappa shape index (κ1) is 11.9. The van der Waals surface area contributed by atoms with Gasteiger partial charge in [0.15, 0.2) is 0 Å². The molecular weight excluding hydrogens is 210 g/mol. The van der Waals surface area contributed by atoms with Gasteiger partial charge in [-0.1, -0.05) is 24.3 Å². The summed E-state index contributed by atoms with van der Waals surface area (Å²) in [5, 5.41) is 3.15. The van der Waals surface area contributed by atoms with Crippen molar-refractivity contribution in [2.24, 2.45) is 0 Å². The molecule has 0 fully saturated rings. The van der Waals surface area contributed by atoms with Crippen molar-refractivity contribution in [3.05, 3.63) is 41.2 Å². The summed E-state index contributed by atoms with van der Waals surface area (Å²) >= 11 is 0. The van der Waals surface area contributed by atoms with Crippen molar-refractivity contribution in [3.63, 3.8) is 0 Å². The Morgan fingerprint density at radius 2 is 2.00 bits per heavy atom. The largest absolute Gasteiger partial charge is 0.342 e. The molecule has 1 heterocycles. The van der Waals surface area contributed by atoms with Gasteiger partial charge in [0.05, 0.1) is 5.69 Å². The smallest absolute Gasteiger partial charge is 0.138 e. The topological polar surface area (TPSA) is 40.7 Å². The molecule has 0 spiro atoms. The van der Waals surface area contributed by atoms with Crippen LogP contribution in [-0.4, -0.2) is 23.6 Å². The van der Waals surface area contributed by atoms with E-state index in [1.165, 1.54) is 16.8 Å². The molecule has 90 valence electrons. The number of benzene rings is 1. The lowest BCUT2D eigenvalue weighted by atomic mass is 10.1. The highest BCUT2D eigenvalue weighted by Gasteiger charge is 2.09. The van der Waals surface area contributed by atoms with Gasteiger partial charge in [0.1, 0.15) is 5.82 Å². The quantitative estimate of drug-likeness (QED) is 0.845. The van der Waals surface area contributed by atoms with Gasteiger partial charge >= 0.3 is 0 Å². The van der Waals surface area contributed by atoms with Gasteiger partial charge in [0.25, 0.3) is 0 Å². The van der Waals surface area contributed by atoms with E-state index >= 15 is 0 Å². The van der Waals surface area contributed by atoms with Crippen molar-refractivity contribution in [1.29, 1.82) is 0 Å². The third-order valence-corrected chi connectivity index (χ3v) is 3.00. The fraction of sp³-hybridized carbons (Fsp3) is 0.357. The lowest BCUT2D eigenvalue weighted by molar-refractivity contribution is 0.776. The van der Waals surface area contributed by atoms with Gasteiger partial charge in [-0.25, -0.2) is 4.98 Å². The molecule has 0 aliphatic carbocycles. The van der Waals surface area contributed by atoms with Gasteiger partial charge in [-0.15, -0.1) is 0 Å². The van der Waals surface area contributed by atoms with E-state index in [1.54, 1.807) is 0 Å². The van der Waals surface area contributed by atoms with Crippen LogP contribution in [0.5, 0.6) is 0 Å². The van der Waals surface area contributed by atoms with Crippen molar-refractivity contribution in [2.45, 2.75) is 20.3 Å². The number of aromatic amines is 1. The third kappa shape index (κ3) is 2.56. The summed E-state index contributed by atoms with van der Waals surface area (Å²) in [6, 6.07) is 8.32. The Bertz CT molecular complexity index is 500. The van der Waals surface area contributed by atoms with Crippen molar-refractivity contribution < 1.29 is 0 Å². The minimum atomic E-state index is 0.957. The first-order valence-corrected chi connectivity index (χ1v) is 5.98. The number of nitrogens with zero attached hydrogens (tertiary/aromatic N) is 1. The summed E-state index contributed by atoms with van der Waals surface area (Å²) in [5.74, 6) is 0.978. The number of likely N-dealkylation sites (N-methyl/N-ethyl adjacent to an activating group) is 1. The minimum absolute atomic E-state index is 0.957. The van der Waals surface area contributed by atoms with Gasteiger partial charge < -0.3 is 10.3 Å². The molecule has 2 N–H and O–H groups in total. The molecule has 3 heteroatoms. The summed E-state index contributed by atoms with van der Waals surface area (Å²) in [6.45, 7) is 5.15. The maximum absolute atomic E-state index is 4.68. The van der Waals surface area contributed by atoms with Crippen LogP contribution in [0.1, 0.15) is 17.0 Å². The summed E-state index contributed by atoms with van der Waals surface area (Å²) < 4.78 is 0. The highest BCUT2D eigenvalue weighted by atomic mass is 14.9. The standard InChI is InChI=1S/C14H19N3/c1-10-6-4-5-7-12(10)14-16-11(2)13(17-14)8-9-15-3/h4-7,15H,8-9H2,1-3H3,(H,16,17). The molecule has 17 heavy (non-hydrogen) atoms. The summed E-state index contributed by atoms with van der Waals surface area (Å²) in [4.78, 5) is 8.05. The van der Waals surface area contributed by atoms with E-state index in [1.807, 2.05) is 13.1 Å². The first-order chi connectivity index (χ1) is 8.22. The molecule has 0 amide bonds. The molecule has 1 aromatic heterocycles. The zero-order chi connectivity index (χ0) is 12.3. The molecule has 2 aromatic rings. The summed E-state index contributed by atoms with van der Waals surface area (Å²) in [5.41, 5.74) is 4.75. The van der Waals surface area contributed by atoms with E-state index in [9.17, 15) is 0 Å². The van der Waals surface area contributed by atoms with Crippen molar-refractivity contribution in [3.8, 4) is 11.4 Å². The number of aromatic nitrogens is 2. The second-order valence-electron chi connectivity index (χ2n) is 4.33. The Morgan fingerprint density at radius 1 is 1.24 bits per heavy atom. The van der Waals surface area contributed by atoms with Crippen molar-refractivity contribution in [1.82, 2.24) is 15.3 Å². The second kappa shape index (κ2) is 5.15. The highest BCUT2D eigenvalue weighted by Crippen LogP contribution is 2.21. The van der Waals surface area contributed by atoms with Crippen LogP contribution in [0.15, 0.2) is 24.3 Å². The van der Waals surface area contributed by atoms with Gasteiger partial charge in [0.2, 0.25) is 0 Å². The average molecular weight is 229 g/mol. The fourth-order valence-electron chi connectivity index (χ4n) is 1.95. The van der Waals surface area contributed by atoms with E-state index in [4.69, 9.17) is 0 Å². The molecule has 0 saturated heterocycles. The molecule has 2 rings (SSSR count). The average Bonchev–Trinajstić information content (AvgIpc) is 2.68. The molecule has 0 aliphatic heterocycles. The lowest BCUT2D eigenvalue weighted by Gasteiger charge is -2.00. The first-order valence-electron chi connectivity index (χ1n) is 5.98. The van der Waals surface area contributed by atoms with Crippen LogP contribution in [-0.2, 0) is 6.42 Å². The predicted octanol–water partition coefficient (Wildman–Crippen LogP) is 2.46. The highest BCUT2D eigenvalue weighted by molar-refractivity contribution is 5.60. The molecule has 3 nitrogen and oxygen atoms in total. The number of aryl methyl sites for hydroxylation is 2. The number of nitrogens with one attached hydrogen (secondary N) is 2. The monoisotopic (exact) mass is 229 g/mol. The molecule has 0 unspecified atom stereocenters. The molecule has 0 bridgehead atoms. The Kier molecular flexibility index (Phi) is 3.59. The number of H-pyrrole nitrogens is 1. The van der Waals surface area contributed by atoms with Crippen LogP contribution in [0, 0.1) is 13.8 Å². The zero-order valence-electron chi connectivity index (χ0n) is 10.7. The number of rotatable bonds is 4. The molecule has 0 saturated carbocycles. The number of hydrogen-bond donors (Lipinski definition) is 2. The Hall–Kier alpha value is -1.61. The Balaban J connectivity index is 2.31. The van der Waals surface area contributed by atoms with E-state index in [2.05, 4.69) is 47.3 Å². The van der Waals surface area contributed by atoms with Crippen molar-refractivity contribution >= 4 is 0 Å². The summed E-state index contributed by atoms with van der Waals surface area (Å²) in [6.07, 6.45) is 0.963. The Labute approximate surface area is 102 Å². The van der Waals surface area contributed by atoms with Crippen molar-refractivity contribution in [2.75, 3.05) is 13.6 Å².